The van der Waals surface area contributed by atoms with Crippen LogP contribution in [-0.2, 0) is 0 Å². The van der Waals surface area contributed by atoms with Gasteiger partial charge in [-0.05, 0) is 36.4 Å². The van der Waals surface area contributed by atoms with Gasteiger partial charge in [0.15, 0.2) is 17.3 Å². The molecule has 0 aliphatic carbocycles. The van der Waals surface area contributed by atoms with Crippen LogP contribution < -0.4 is 4.74 Å². The highest BCUT2D eigenvalue weighted by Gasteiger charge is 2.16. The van der Waals surface area contributed by atoms with E-state index in [1.54, 1.807) is 24.3 Å². The minimum atomic E-state index is -0.489. The second-order valence-electron chi connectivity index (χ2n) is 7.00. The van der Waals surface area contributed by atoms with Crippen molar-refractivity contribution in [3.05, 3.63) is 130 Å². The summed E-state index contributed by atoms with van der Waals surface area (Å²) in [6, 6.07) is 20.4. The van der Waals surface area contributed by atoms with Crippen LogP contribution in [0.15, 0.2) is 78.9 Å². The third-order valence-corrected chi connectivity index (χ3v) is 6.07. The lowest BCUT2D eigenvalue weighted by Gasteiger charge is -2.12. The maximum absolute atomic E-state index is 12.0. The molecule has 184 valence electrons. The standard InChI is InChI=1S/C13H9NO3.C12H4Cl6O/c15-13(10-4-2-1-3-5-10)11-6-8-12(9-7-11)14(16)17;13-5-1-7(15)11(8(16)2-5)19-12-9(17)3-6(14)4-10(12)18/h1-9H;1-4H. The van der Waals surface area contributed by atoms with Crippen molar-refractivity contribution in [2.24, 2.45) is 0 Å². The Labute approximate surface area is 236 Å². The van der Waals surface area contributed by atoms with E-state index in [0.29, 0.717) is 21.2 Å². The minimum absolute atomic E-state index is 0.0189. The number of carbonyl (C=O) groups is 1. The van der Waals surface area contributed by atoms with E-state index in [1.165, 1.54) is 48.5 Å². The molecule has 11 heteroatoms. The number of non-ortho nitro benzene ring substituents is 1. The Morgan fingerprint density at radius 1 is 0.639 bits per heavy atom. The van der Waals surface area contributed by atoms with Crippen molar-refractivity contribution in [1.82, 2.24) is 0 Å². The maximum Gasteiger partial charge on any atom is 0.269 e. The van der Waals surface area contributed by atoms with Gasteiger partial charge in [0.1, 0.15) is 0 Å². The van der Waals surface area contributed by atoms with Crippen molar-refractivity contribution >= 4 is 81.1 Å². The molecule has 5 nitrogen and oxygen atoms in total. The summed E-state index contributed by atoms with van der Waals surface area (Å²) in [5.74, 6) is 0.304. The molecule has 0 saturated carbocycles. The van der Waals surface area contributed by atoms with Gasteiger partial charge in [-0.25, -0.2) is 0 Å². The molecular formula is C25H13Cl6NO4. The van der Waals surface area contributed by atoms with Gasteiger partial charge in [-0.1, -0.05) is 99.9 Å². The lowest BCUT2D eigenvalue weighted by molar-refractivity contribution is -0.384. The summed E-state index contributed by atoms with van der Waals surface area (Å²) in [7, 11) is 0. The first-order valence-electron chi connectivity index (χ1n) is 9.88. The van der Waals surface area contributed by atoms with Gasteiger partial charge in [0, 0.05) is 33.3 Å². The average Bonchev–Trinajstić information content (AvgIpc) is 2.83. The lowest BCUT2D eigenvalue weighted by atomic mass is 10.0. The first kappa shape index (κ1) is 28.1. The number of hydrogen-bond acceptors (Lipinski definition) is 4. The summed E-state index contributed by atoms with van der Waals surface area (Å²) >= 11 is 35.7. The largest absolute Gasteiger partial charge is 0.451 e. The number of ketones is 1. The van der Waals surface area contributed by atoms with E-state index in [-0.39, 0.29) is 43.1 Å². The van der Waals surface area contributed by atoms with Crippen molar-refractivity contribution < 1.29 is 14.5 Å². The highest BCUT2D eigenvalue weighted by Crippen LogP contribution is 2.44. The summed E-state index contributed by atoms with van der Waals surface area (Å²) in [6.07, 6.45) is 0. The number of nitro groups is 1. The second-order valence-corrected chi connectivity index (χ2v) is 9.50. The number of nitro benzene ring substituents is 1. The van der Waals surface area contributed by atoms with Crippen molar-refractivity contribution in [3.8, 4) is 11.5 Å². The van der Waals surface area contributed by atoms with Gasteiger partial charge in [-0.15, -0.1) is 0 Å². The lowest BCUT2D eigenvalue weighted by Crippen LogP contribution is -2.00. The fourth-order valence-electron chi connectivity index (χ4n) is 2.85. The molecule has 0 N–H and O–H groups in total. The molecule has 0 atom stereocenters. The Morgan fingerprint density at radius 3 is 1.42 bits per heavy atom. The van der Waals surface area contributed by atoms with E-state index in [0.717, 1.165) is 0 Å². The molecule has 0 unspecified atom stereocenters. The number of rotatable bonds is 5. The van der Waals surface area contributed by atoms with Crippen LogP contribution in [0.3, 0.4) is 0 Å². The van der Waals surface area contributed by atoms with Crippen LogP contribution in [0, 0.1) is 10.1 Å². The van der Waals surface area contributed by atoms with Crippen molar-refractivity contribution in [2.75, 3.05) is 0 Å². The third kappa shape index (κ3) is 7.26. The monoisotopic (exact) mass is 601 g/mol. The number of nitrogens with zero attached hydrogens (tertiary/aromatic N) is 1. The molecule has 0 aromatic heterocycles. The molecule has 0 bridgehead atoms. The van der Waals surface area contributed by atoms with E-state index in [4.69, 9.17) is 74.3 Å². The maximum atomic E-state index is 12.0. The van der Waals surface area contributed by atoms with E-state index < -0.39 is 4.92 Å². The molecule has 36 heavy (non-hydrogen) atoms. The quantitative estimate of drug-likeness (QED) is 0.129. The van der Waals surface area contributed by atoms with Gasteiger partial charge < -0.3 is 4.74 Å². The molecule has 4 rings (SSSR count). The number of ether oxygens (including phenoxy) is 1. The predicted octanol–water partition coefficient (Wildman–Crippen LogP) is 10.2. The SMILES string of the molecule is Clc1cc(Cl)c(Oc2c(Cl)cc(Cl)cc2Cl)c(Cl)c1.O=C(c1ccccc1)c1ccc([N+](=O)[O-])cc1. The minimum Gasteiger partial charge on any atom is -0.451 e. The zero-order valence-corrected chi connectivity index (χ0v) is 22.4. The Balaban J connectivity index is 0.000000202. The number of hydrogen-bond donors (Lipinski definition) is 0. The molecule has 0 saturated heterocycles. The predicted molar refractivity (Wildman–Crippen MR) is 146 cm³/mol. The molecule has 0 fully saturated rings. The van der Waals surface area contributed by atoms with Crippen LogP contribution in [0.25, 0.3) is 0 Å². The smallest absolute Gasteiger partial charge is 0.269 e. The number of benzene rings is 4. The van der Waals surface area contributed by atoms with Gasteiger partial charge in [-0.2, -0.15) is 0 Å². The van der Waals surface area contributed by atoms with E-state index in [1.807, 2.05) is 6.07 Å². The van der Waals surface area contributed by atoms with Gasteiger partial charge in [0.05, 0.1) is 25.0 Å². The normalized spacial score (nSPS) is 10.3. The fraction of sp³-hybridized carbons (Fsp3) is 0. The van der Waals surface area contributed by atoms with Crippen LogP contribution in [0.1, 0.15) is 15.9 Å². The molecule has 4 aromatic carbocycles. The van der Waals surface area contributed by atoms with Crippen LogP contribution in [0.5, 0.6) is 11.5 Å². The van der Waals surface area contributed by atoms with Crippen molar-refractivity contribution in [3.63, 3.8) is 0 Å². The van der Waals surface area contributed by atoms with Crippen LogP contribution >= 0.6 is 69.6 Å². The Bertz CT molecular complexity index is 1310. The summed E-state index contributed by atoms with van der Waals surface area (Å²) < 4.78 is 5.57. The molecule has 0 radical (unpaired) electrons. The van der Waals surface area contributed by atoms with Crippen LogP contribution in [0.4, 0.5) is 5.69 Å². The molecule has 4 aromatic rings. The third-order valence-electron chi connectivity index (χ3n) is 4.51. The average molecular weight is 604 g/mol. The van der Waals surface area contributed by atoms with Crippen LogP contribution in [-0.4, -0.2) is 10.7 Å². The van der Waals surface area contributed by atoms with Crippen LogP contribution in [0.2, 0.25) is 30.1 Å². The van der Waals surface area contributed by atoms with Gasteiger partial charge in [0.2, 0.25) is 0 Å². The van der Waals surface area contributed by atoms with E-state index >= 15 is 0 Å². The molecule has 0 spiro atoms. The number of carbonyl (C=O) groups excluding carboxylic acids is 1. The molecule has 0 aliphatic heterocycles. The molecule has 0 aliphatic rings. The Morgan fingerprint density at radius 2 is 1.03 bits per heavy atom. The zero-order valence-electron chi connectivity index (χ0n) is 17.9. The van der Waals surface area contributed by atoms with Crippen molar-refractivity contribution in [2.45, 2.75) is 0 Å². The number of halogens is 6. The van der Waals surface area contributed by atoms with Crippen molar-refractivity contribution in [1.29, 1.82) is 0 Å². The Kier molecular flexibility index (Phi) is 9.85. The highest BCUT2D eigenvalue weighted by atomic mass is 35.5. The summed E-state index contributed by atoms with van der Waals surface area (Å²) in [6.45, 7) is 0. The van der Waals surface area contributed by atoms with E-state index in [9.17, 15) is 14.9 Å². The van der Waals surface area contributed by atoms with Gasteiger partial charge in [-0.3, -0.25) is 14.9 Å². The van der Waals surface area contributed by atoms with E-state index in [2.05, 4.69) is 0 Å². The molecular weight excluding hydrogens is 591 g/mol. The highest BCUT2D eigenvalue weighted by molar-refractivity contribution is 6.41. The Hall–Kier alpha value is -2.51. The van der Waals surface area contributed by atoms with Gasteiger partial charge >= 0.3 is 0 Å². The van der Waals surface area contributed by atoms with Gasteiger partial charge in [0.25, 0.3) is 5.69 Å². The summed E-state index contributed by atoms with van der Waals surface area (Å²) in [5, 5.41) is 12.3. The topological polar surface area (TPSA) is 69.4 Å². The second kappa shape index (κ2) is 12.6. The first-order valence-corrected chi connectivity index (χ1v) is 12.1. The first-order chi connectivity index (χ1) is 17.1. The summed E-state index contributed by atoms with van der Waals surface area (Å²) in [4.78, 5) is 21.9. The zero-order chi connectivity index (χ0) is 26.4. The molecule has 0 heterocycles. The fourth-order valence-corrected chi connectivity index (χ4v) is 4.63. The summed E-state index contributed by atoms with van der Waals surface area (Å²) in [5.41, 5.74) is 0.998. The molecule has 0 amide bonds.